The minimum Gasteiger partial charge on any atom is -0.478 e. The smallest absolute Gasteiger partial charge is 0.336 e. The van der Waals surface area contributed by atoms with E-state index in [4.69, 9.17) is 0 Å². The van der Waals surface area contributed by atoms with Crippen molar-refractivity contribution in [1.29, 1.82) is 0 Å². The molecule has 0 saturated carbocycles. The second-order valence-corrected chi connectivity index (χ2v) is 5.50. The number of aromatic carboxylic acids is 1. The van der Waals surface area contributed by atoms with Crippen LogP contribution in [0.2, 0.25) is 0 Å². The number of hydrogen-bond donors (Lipinski definition) is 1. The van der Waals surface area contributed by atoms with Gasteiger partial charge in [-0.25, -0.2) is 4.79 Å². The van der Waals surface area contributed by atoms with E-state index in [1.165, 1.54) is 0 Å². The molecule has 1 N–H and O–H groups in total. The molecule has 2 rings (SSSR count). The monoisotopic (exact) mass is 368 g/mol. The molecule has 0 fully saturated rings. The van der Waals surface area contributed by atoms with E-state index in [-0.39, 0.29) is 0 Å². The number of halogens is 2. The average Bonchev–Trinajstić information content (AvgIpc) is 2.36. The van der Waals surface area contributed by atoms with Crippen molar-refractivity contribution in [3.8, 4) is 0 Å². The highest BCUT2D eigenvalue weighted by molar-refractivity contribution is 9.13. The van der Waals surface area contributed by atoms with Gasteiger partial charge in [0.05, 0.1) is 5.56 Å². The lowest BCUT2D eigenvalue weighted by Gasteiger charge is -2.10. The Bertz CT molecular complexity index is 580. The second kappa shape index (κ2) is 5.67. The molecule has 0 saturated heterocycles. The summed E-state index contributed by atoms with van der Waals surface area (Å²) in [5.74, 6) is -0.908. The molecule has 92 valence electrons. The number of hydrogen-bond acceptors (Lipinski definition) is 1. The van der Waals surface area contributed by atoms with Crippen LogP contribution in [0.3, 0.4) is 0 Å². The van der Waals surface area contributed by atoms with Gasteiger partial charge in [0.1, 0.15) is 0 Å². The van der Waals surface area contributed by atoms with Crippen LogP contribution in [-0.4, -0.2) is 11.1 Å². The zero-order valence-electron chi connectivity index (χ0n) is 9.36. The van der Waals surface area contributed by atoms with Crippen LogP contribution in [0.1, 0.15) is 21.5 Å². The predicted octanol–water partition coefficient (Wildman–Crippen LogP) is 4.50. The van der Waals surface area contributed by atoms with Gasteiger partial charge in [0.15, 0.2) is 0 Å². The first kappa shape index (κ1) is 13.3. The lowest BCUT2D eigenvalue weighted by molar-refractivity contribution is 0.0695. The molecule has 0 aliphatic heterocycles. The van der Waals surface area contributed by atoms with Crippen molar-refractivity contribution < 1.29 is 9.90 Å². The normalized spacial score (nSPS) is 10.3. The Kier molecular flexibility index (Phi) is 4.19. The molecule has 0 aliphatic rings. The summed E-state index contributed by atoms with van der Waals surface area (Å²) in [6.45, 7) is 0. The Morgan fingerprint density at radius 3 is 2.33 bits per heavy atom. The molecule has 18 heavy (non-hydrogen) atoms. The summed E-state index contributed by atoms with van der Waals surface area (Å²) >= 11 is 6.85. The van der Waals surface area contributed by atoms with E-state index in [0.717, 1.165) is 20.1 Å². The van der Waals surface area contributed by atoms with Crippen LogP contribution in [0.5, 0.6) is 0 Å². The van der Waals surface area contributed by atoms with Crippen LogP contribution < -0.4 is 0 Å². The van der Waals surface area contributed by atoms with Crippen LogP contribution in [0.4, 0.5) is 0 Å². The topological polar surface area (TPSA) is 37.3 Å². The lowest BCUT2D eigenvalue weighted by Crippen LogP contribution is -2.04. The number of rotatable bonds is 3. The van der Waals surface area contributed by atoms with Gasteiger partial charge in [-0.15, -0.1) is 0 Å². The van der Waals surface area contributed by atoms with Gasteiger partial charge in [-0.1, -0.05) is 30.3 Å². The molecule has 0 aromatic heterocycles. The fraction of sp³-hybridized carbons (Fsp3) is 0.0714. The van der Waals surface area contributed by atoms with Gasteiger partial charge >= 0.3 is 5.97 Å². The van der Waals surface area contributed by atoms with Gasteiger partial charge in [0.2, 0.25) is 0 Å². The molecule has 0 atom stereocenters. The summed E-state index contributed by atoms with van der Waals surface area (Å²) in [7, 11) is 0. The predicted molar refractivity (Wildman–Crippen MR) is 78.0 cm³/mol. The SMILES string of the molecule is O=C(O)c1ccc(Br)c(Br)c1Cc1ccccc1. The highest BCUT2D eigenvalue weighted by Gasteiger charge is 2.15. The molecular weight excluding hydrogens is 360 g/mol. The Hall–Kier alpha value is -1.13. The minimum atomic E-state index is -0.908. The van der Waals surface area contributed by atoms with E-state index >= 15 is 0 Å². The van der Waals surface area contributed by atoms with Gasteiger partial charge in [0, 0.05) is 8.95 Å². The van der Waals surface area contributed by atoms with Crippen LogP contribution in [-0.2, 0) is 6.42 Å². The summed E-state index contributed by atoms with van der Waals surface area (Å²) in [5, 5.41) is 9.22. The minimum absolute atomic E-state index is 0.328. The fourth-order valence-electron chi connectivity index (χ4n) is 1.77. The summed E-state index contributed by atoms with van der Waals surface area (Å²) in [6.07, 6.45) is 0.586. The van der Waals surface area contributed by atoms with Crippen molar-refractivity contribution >= 4 is 37.8 Å². The number of carboxylic acid groups (broad SMARTS) is 1. The summed E-state index contributed by atoms with van der Waals surface area (Å²) in [4.78, 5) is 11.2. The summed E-state index contributed by atoms with van der Waals surface area (Å²) in [5.41, 5.74) is 2.19. The lowest BCUT2D eigenvalue weighted by atomic mass is 10.00. The first-order valence-corrected chi connectivity index (χ1v) is 6.92. The maximum Gasteiger partial charge on any atom is 0.336 e. The zero-order chi connectivity index (χ0) is 13.1. The Balaban J connectivity index is 2.48. The number of carbonyl (C=O) groups is 1. The van der Waals surface area contributed by atoms with Crippen LogP contribution >= 0.6 is 31.9 Å². The van der Waals surface area contributed by atoms with Crippen molar-refractivity contribution in [2.24, 2.45) is 0 Å². The first-order chi connectivity index (χ1) is 8.59. The highest BCUT2D eigenvalue weighted by atomic mass is 79.9. The molecular formula is C14H10Br2O2. The van der Waals surface area contributed by atoms with Crippen molar-refractivity contribution in [2.45, 2.75) is 6.42 Å². The molecule has 0 heterocycles. The van der Waals surface area contributed by atoms with Gasteiger partial charge in [-0.2, -0.15) is 0 Å². The third-order valence-corrected chi connectivity index (χ3v) is 4.75. The summed E-state index contributed by atoms with van der Waals surface area (Å²) in [6, 6.07) is 13.2. The van der Waals surface area contributed by atoms with Crippen molar-refractivity contribution in [3.05, 3.63) is 68.1 Å². The zero-order valence-corrected chi connectivity index (χ0v) is 12.5. The quantitative estimate of drug-likeness (QED) is 0.864. The third-order valence-electron chi connectivity index (χ3n) is 2.65. The largest absolute Gasteiger partial charge is 0.478 e. The van der Waals surface area contributed by atoms with Gasteiger partial charge in [0.25, 0.3) is 0 Å². The van der Waals surface area contributed by atoms with Crippen LogP contribution in [0.25, 0.3) is 0 Å². The molecule has 0 unspecified atom stereocenters. The Morgan fingerprint density at radius 2 is 1.72 bits per heavy atom. The molecule has 0 radical (unpaired) electrons. The third kappa shape index (κ3) is 2.82. The maximum absolute atomic E-state index is 11.2. The van der Waals surface area contributed by atoms with E-state index in [9.17, 15) is 9.90 Å². The maximum atomic E-state index is 11.2. The molecule has 0 aliphatic carbocycles. The van der Waals surface area contributed by atoms with Crippen LogP contribution in [0, 0.1) is 0 Å². The van der Waals surface area contributed by atoms with Gasteiger partial charge in [-0.3, -0.25) is 0 Å². The first-order valence-electron chi connectivity index (χ1n) is 5.33. The van der Waals surface area contributed by atoms with Crippen LogP contribution in [0.15, 0.2) is 51.4 Å². The van der Waals surface area contributed by atoms with E-state index in [2.05, 4.69) is 31.9 Å². The number of benzene rings is 2. The summed E-state index contributed by atoms with van der Waals surface area (Å²) < 4.78 is 1.66. The van der Waals surface area contributed by atoms with Crippen molar-refractivity contribution in [1.82, 2.24) is 0 Å². The molecule has 2 nitrogen and oxygen atoms in total. The second-order valence-electron chi connectivity index (χ2n) is 3.86. The number of carboxylic acids is 1. The average molecular weight is 370 g/mol. The highest BCUT2D eigenvalue weighted by Crippen LogP contribution is 2.31. The van der Waals surface area contributed by atoms with Crippen molar-refractivity contribution in [2.75, 3.05) is 0 Å². The molecule has 4 heteroatoms. The van der Waals surface area contributed by atoms with Gasteiger partial charge in [-0.05, 0) is 61.5 Å². The fourth-order valence-corrected chi connectivity index (χ4v) is 2.62. The molecule has 0 bridgehead atoms. The molecule has 0 amide bonds. The standard InChI is InChI=1S/C14H10Br2O2/c15-12-7-6-10(14(17)18)11(13(12)16)8-9-4-2-1-3-5-9/h1-7H,8H2,(H,17,18). The molecule has 2 aromatic rings. The Labute approximate surface area is 122 Å². The van der Waals surface area contributed by atoms with E-state index in [1.54, 1.807) is 12.1 Å². The van der Waals surface area contributed by atoms with Crippen molar-refractivity contribution in [3.63, 3.8) is 0 Å². The van der Waals surface area contributed by atoms with Gasteiger partial charge < -0.3 is 5.11 Å². The Morgan fingerprint density at radius 1 is 1.06 bits per heavy atom. The molecule has 0 spiro atoms. The molecule has 2 aromatic carbocycles. The van der Waals surface area contributed by atoms with E-state index in [1.807, 2.05) is 30.3 Å². The van der Waals surface area contributed by atoms with E-state index < -0.39 is 5.97 Å². The van der Waals surface area contributed by atoms with E-state index in [0.29, 0.717) is 12.0 Å².